The second-order valence-electron chi connectivity index (χ2n) is 8.39. The summed E-state index contributed by atoms with van der Waals surface area (Å²) in [6.45, 7) is 0. The number of hydrogen-bond acceptors (Lipinski definition) is 4. The summed E-state index contributed by atoms with van der Waals surface area (Å²) in [7, 11) is 1.57. The third kappa shape index (κ3) is 5.57. The van der Waals surface area contributed by atoms with Crippen LogP contribution in [0.5, 0.6) is 5.75 Å². The molecular weight excluding hydrogens is 450 g/mol. The Labute approximate surface area is 204 Å². The summed E-state index contributed by atoms with van der Waals surface area (Å²) in [6, 6.07) is 18.5. The molecule has 1 N–H and O–H groups in total. The van der Waals surface area contributed by atoms with E-state index in [1.54, 1.807) is 61.8 Å². The third-order valence-electron chi connectivity index (χ3n) is 6.06. The van der Waals surface area contributed by atoms with Crippen molar-refractivity contribution in [2.45, 2.75) is 44.2 Å². The van der Waals surface area contributed by atoms with Gasteiger partial charge in [-0.15, -0.1) is 0 Å². The highest BCUT2D eigenvalue weighted by atomic mass is 35.5. The molecule has 1 aliphatic rings. The lowest BCUT2D eigenvalue weighted by molar-refractivity contribution is -0.123. The molecule has 2 aromatic carbocycles. The van der Waals surface area contributed by atoms with Crippen LogP contribution in [0, 0.1) is 0 Å². The first-order valence-electron chi connectivity index (χ1n) is 11.5. The number of amides is 2. The van der Waals surface area contributed by atoms with Crippen molar-refractivity contribution in [2.24, 2.45) is 0 Å². The van der Waals surface area contributed by atoms with Crippen molar-refractivity contribution in [1.82, 2.24) is 10.3 Å². The second-order valence-corrected chi connectivity index (χ2v) is 8.83. The van der Waals surface area contributed by atoms with E-state index in [1.807, 2.05) is 18.2 Å². The number of carbonyl (C=O) groups is 2. The number of pyridine rings is 1. The summed E-state index contributed by atoms with van der Waals surface area (Å²) in [6.07, 6.45) is 6.77. The molecule has 1 aliphatic carbocycles. The number of aromatic nitrogens is 1. The van der Waals surface area contributed by atoms with E-state index in [-0.39, 0.29) is 17.6 Å². The van der Waals surface area contributed by atoms with Gasteiger partial charge in [-0.2, -0.15) is 0 Å². The number of ether oxygens (including phenoxy) is 1. The molecule has 1 fully saturated rings. The fourth-order valence-electron chi connectivity index (χ4n) is 4.38. The zero-order valence-corrected chi connectivity index (χ0v) is 19.9. The SMILES string of the molecule is COc1cccc(C(C(=O)NC2CCCCC2)N(C(=O)c2ccccn2)c2cccc(Cl)c2)c1. The highest BCUT2D eigenvalue weighted by molar-refractivity contribution is 6.31. The fourth-order valence-corrected chi connectivity index (χ4v) is 4.56. The van der Waals surface area contributed by atoms with Crippen LogP contribution in [-0.2, 0) is 4.79 Å². The van der Waals surface area contributed by atoms with Crippen molar-refractivity contribution in [3.8, 4) is 5.75 Å². The molecule has 4 rings (SSSR count). The summed E-state index contributed by atoms with van der Waals surface area (Å²) in [5.41, 5.74) is 1.38. The van der Waals surface area contributed by atoms with Crippen LogP contribution < -0.4 is 15.0 Å². The van der Waals surface area contributed by atoms with Crippen LogP contribution in [0.3, 0.4) is 0 Å². The molecule has 0 spiro atoms. The summed E-state index contributed by atoms with van der Waals surface area (Å²) in [5.74, 6) is -0.0387. The van der Waals surface area contributed by atoms with E-state index in [1.165, 1.54) is 11.3 Å². The summed E-state index contributed by atoms with van der Waals surface area (Å²) in [4.78, 5) is 33.4. The Morgan fingerprint density at radius 2 is 1.82 bits per heavy atom. The molecule has 6 nitrogen and oxygen atoms in total. The topological polar surface area (TPSA) is 71.5 Å². The molecule has 1 saturated carbocycles. The van der Waals surface area contributed by atoms with Crippen molar-refractivity contribution in [3.05, 3.63) is 89.2 Å². The van der Waals surface area contributed by atoms with Gasteiger partial charge in [0.25, 0.3) is 5.91 Å². The number of nitrogens with zero attached hydrogens (tertiary/aromatic N) is 2. The number of hydrogen-bond donors (Lipinski definition) is 1. The molecule has 1 atom stereocenters. The van der Waals surface area contributed by atoms with E-state index >= 15 is 0 Å². The quantitative estimate of drug-likeness (QED) is 0.482. The van der Waals surface area contributed by atoms with Crippen LogP contribution in [0.25, 0.3) is 0 Å². The lowest BCUT2D eigenvalue weighted by Gasteiger charge is -2.33. The molecule has 1 aromatic heterocycles. The Bertz CT molecular complexity index is 1130. The number of rotatable bonds is 7. The standard InChI is InChI=1S/C27H28ClN3O3/c1-34-23-14-7-9-19(17-23)25(26(32)30-21-11-3-2-4-12-21)31(22-13-8-10-20(28)18-22)27(33)24-15-5-6-16-29-24/h5-10,13-18,21,25H,2-4,11-12H2,1H3,(H,30,32). The Morgan fingerprint density at radius 1 is 1.03 bits per heavy atom. The number of carbonyl (C=O) groups excluding carboxylic acids is 2. The molecule has 0 radical (unpaired) electrons. The van der Waals surface area contributed by atoms with Gasteiger partial charge in [0.15, 0.2) is 0 Å². The molecular formula is C27H28ClN3O3. The number of methoxy groups -OCH3 is 1. The highest BCUT2D eigenvalue weighted by Gasteiger charge is 2.35. The van der Waals surface area contributed by atoms with Crippen molar-refractivity contribution in [1.29, 1.82) is 0 Å². The minimum atomic E-state index is -0.940. The number of nitrogens with one attached hydrogen (secondary N) is 1. The van der Waals surface area contributed by atoms with Crippen LogP contribution in [-0.4, -0.2) is 29.9 Å². The van der Waals surface area contributed by atoms with E-state index in [0.29, 0.717) is 22.0 Å². The predicted octanol–water partition coefficient (Wildman–Crippen LogP) is 5.58. The Balaban J connectivity index is 1.82. The molecule has 176 valence electrons. The maximum absolute atomic E-state index is 13.8. The monoisotopic (exact) mass is 477 g/mol. The fraction of sp³-hybridized carbons (Fsp3) is 0.296. The van der Waals surface area contributed by atoms with E-state index in [0.717, 1.165) is 25.7 Å². The molecule has 3 aromatic rings. The van der Waals surface area contributed by atoms with Gasteiger partial charge in [0.1, 0.15) is 17.5 Å². The minimum Gasteiger partial charge on any atom is -0.497 e. The second kappa shape index (κ2) is 11.2. The number of halogens is 1. The van der Waals surface area contributed by atoms with Gasteiger partial charge in [-0.3, -0.25) is 19.5 Å². The van der Waals surface area contributed by atoms with Crippen LogP contribution in [0.15, 0.2) is 72.9 Å². The van der Waals surface area contributed by atoms with E-state index < -0.39 is 11.9 Å². The zero-order valence-electron chi connectivity index (χ0n) is 19.1. The van der Waals surface area contributed by atoms with E-state index in [9.17, 15) is 9.59 Å². The van der Waals surface area contributed by atoms with E-state index in [4.69, 9.17) is 16.3 Å². The highest BCUT2D eigenvalue weighted by Crippen LogP contribution is 2.33. The van der Waals surface area contributed by atoms with Crippen molar-refractivity contribution in [3.63, 3.8) is 0 Å². The molecule has 2 amide bonds. The zero-order chi connectivity index (χ0) is 23.9. The molecule has 0 bridgehead atoms. The maximum atomic E-state index is 13.8. The van der Waals surface area contributed by atoms with Crippen molar-refractivity contribution < 1.29 is 14.3 Å². The molecule has 1 unspecified atom stereocenters. The van der Waals surface area contributed by atoms with Gasteiger partial charge >= 0.3 is 0 Å². The van der Waals surface area contributed by atoms with Gasteiger partial charge in [-0.1, -0.05) is 55.1 Å². The Hall–Kier alpha value is -3.38. The Morgan fingerprint density at radius 3 is 2.53 bits per heavy atom. The van der Waals surface area contributed by atoms with Gasteiger partial charge < -0.3 is 10.1 Å². The van der Waals surface area contributed by atoms with Crippen molar-refractivity contribution >= 4 is 29.1 Å². The van der Waals surface area contributed by atoms with Crippen LogP contribution in [0.2, 0.25) is 5.02 Å². The number of benzene rings is 2. The van der Waals surface area contributed by atoms with Crippen LogP contribution in [0.4, 0.5) is 5.69 Å². The lowest BCUT2D eigenvalue weighted by atomic mass is 9.94. The molecule has 34 heavy (non-hydrogen) atoms. The first-order chi connectivity index (χ1) is 16.6. The third-order valence-corrected chi connectivity index (χ3v) is 6.29. The lowest BCUT2D eigenvalue weighted by Crippen LogP contribution is -2.47. The van der Waals surface area contributed by atoms with Crippen LogP contribution >= 0.6 is 11.6 Å². The van der Waals surface area contributed by atoms with Gasteiger partial charge in [0.05, 0.1) is 7.11 Å². The molecule has 1 heterocycles. The molecule has 0 saturated heterocycles. The Kier molecular flexibility index (Phi) is 7.80. The maximum Gasteiger partial charge on any atom is 0.277 e. The van der Waals surface area contributed by atoms with Gasteiger partial charge in [-0.25, -0.2) is 0 Å². The largest absolute Gasteiger partial charge is 0.497 e. The summed E-state index contributed by atoms with van der Waals surface area (Å²) >= 11 is 6.30. The van der Waals surface area contributed by atoms with E-state index in [2.05, 4.69) is 10.3 Å². The first kappa shape index (κ1) is 23.8. The molecule has 0 aliphatic heterocycles. The van der Waals surface area contributed by atoms with Gasteiger partial charge in [-0.05, 0) is 60.9 Å². The summed E-state index contributed by atoms with van der Waals surface area (Å²) in [5, 5.41) is 3.67. The van der Waals surface area contributed by atoms with Crippen molar-refractivity contribution in [2.75, 3.05) is 12.0 Å². The minimum absolute atomic E-state index is 0.0838. The normalized spacial score (nSPS) is 14.8. The van der Waals surface area contributed by atoms with Gasteiger partial charge in [0, 0.05) is 22.9 Å². The smallest absolute Gasteiger partial charge is 0.277 e. The number of anilines is 1. The van der Waals surface area contributed by atoms with Gasteiger partial charge in [0.2, 0.25) is 5.91 Å². The average Bonchev–Trinajstić information content (AvgIpc) is 2.88. The molecule has 7 heteroatoms. The van der Waals surface area contributed by atoms with Crippen LogP contribution in [0.1, 0.15) is 54.2 Å². The first-order valence-corrected chi connectivity index (χ1v) is 11.9. The summed E-state index contributed by atoms with van der Waals surface area (Å²) < 4.78 is 5.42. The average molecular weight is 478 g/mol. The predicted molar refractivity (Wildman–Crippen MR) is 133 cm³/mol.